The first-order chi connectivity index (χ1) is 12.0. The van der Waals surface area contributed by atoms with E-state index in [9.17, 15) is 9.90 Å². The quantitative estimate of drug-likeness (QED) is 0.805. The van der Waals surface area contributed by atoms with Crippen molar-refractivity contribution in [2.75, 3.05) is 0 Å². The molecule has 1 aromatic heterocycles. The number of furan rings is 1. The fourth-order valence-corrected chi connectivity index (χ4v) is 3.32. The number of rotatable bonds is 2. The van der Waals surface area contributed by atoms with Gasteiger partial charge in [0.15, 0.2) is 0 Å². The minimum atomic E-state index is -1.11. The van der Waals surface area contributed by atoms with Crippen LogP contribution in [0.15, 0.2) is 41.0 Å². The first-order valence-corrected chi connectivity index (χ1v) is 8.69. The third kappa shape index (κ3) is 4.45. The lowest BCUT2D eigenvalue weighted by Crippen LogP contribution is -2.45. The summed E-state index contributed by atoms with van der Waals surface area (Å²) in [6.07, 6.45) is 4.12. The lowest BCUT2D eigenvalue weighted by atomic mass is 9.82. The van der Waals surface area contributed by atoms with Gasteiger partial charge in [0.25, 0.3) is 5.91 Å². The molecule has 2 N–H and O–H groups in total. The number of carbonyl (C=O) groups is 1. The normalized spacial score (nSPS) is 22.8. The topological polar surface area (TPSA) is 62.5 Å². The van der Waals surface area contributed by atoms with E-state index in [2.05, 4.69) is 17.2 Å². The van der Waals surface area contributed by atoms with Crippen molar-refractivity contribution in [3.05, 3.63) is 58.5 Å². The van der Waals surface area contributed by atoms with Crippen molar-refractivity contribution in [1.29, 1.82) is 0 Å². The van der Waals surface area contributed by atoms with Crippen molar-refractivity contribution in [2.45, 2.75) is 44.2 Å². The third-order valence-corrected chi connectivity index (χ3v) is 4.66. The Balaban J connectivity index is 1.68. The Morgan fingerprint density at radius 3 is 3.00 bits per heavy atom. The zero-order valence-electron chi connectivity index (χ0n) is 14.0. The minimum absolute atomic E-state index is 0.116. The van der Waals surface area contributed by atoms with Crippen LogP contribution in [0.4, 0.5) is 0 Å². The molecular formula is C20H20ClNO3. The van der Waals surface area contributed by atoms with Crippen LogP contribution in [-0.4, -0.2) is 22.7 Å². The lowest BCUT2D eigenvalue weighted by Gasteiger charge is -2.33. The summed E-state index contributed by atoms with van der Waals surface area (Å²) in [4.78, 5) is 12.3. The van der Waals surface area contributed by atoms with Crippen LogP contribution in [0.3, 0.4) is 0 Å². The standard InChI is InChI=1S/C20H20ClNO3/c1-14-18(8-11-25-14)19(23)22-17-6-3-9-20(24,13-17)10-7-15-4-2-5-16(21)12-15/h2,4-5,8,11-12,17,24H,3,6,9,13H2,1H3,(H,22,23)/t17-,20?/m1/s1. The summed E-state index contributed by atoms with van der Waals surface area (Å²) in [6.45, 7) is 1.75. The van der Waals surface area contributed by atoms with E-state index in [1.54, 1.807) is 25.1 Å². The SMILES string of the molecule is Cc1occc1C(=O)N[C@@H]1CCCC(O)(C#Cc2cccc(Cl)c2)C1. The van der Waals surface area contributed by atoms with Gasteiger partial charge in [0, 0.05) is 23.0 Å². The molecule has 0 radical (unpaired) electrons. The summed E-state index contributed by atoms with van der Waals surface area (Å²) >= 11 is 5.96. The molecular weight excluding hydrogens is 338 g/mol. The van der Waals surface area contributed by atoms with Crippen LogP contribution < -0.4 is 5.32 Å². The molecule has 25 heavy (non-hydrogen) atoms. The first kappa shape index (κ1) is 17.6. The Morgan fingerprint density at radius 2 is 2.28 bits per heavy atom. The van der Waals surface area contributed by atoms with Crippen molar-refractivity contribution in [3.8, 4) is 11.8 Å². The minimum Gasteiger partial charge on any atom is -0.469 e. The molecule has 2 aromatic rings. The summed E-state index contributed by atoms with van der Waals surface area (Å²) in [5.41, 5.74) is 0.185. The molecule has 0 bridgehead atoms. The van der Waals surface area contributed by atoms with E-state index >= 15 is 0 Å². The van der Waals surface area contributed by atoms with E-state index in [1.807, 2.05) is 12.1 Å². The molecule has 4 nitrogen and oxygen atoms in total. The number of amides is 1. The monoisotopic (exact) mass is 357 g/mol. The van der Waals surface area contributed by atoms with E-state index in [1.165, 1.54) is 6.26 Å². The molecule has 5 heteroatoms. The Hall–Kier alpha value is -2.22. The number of halogens is 1. The Labute approximate surface area is 152 Å². The summed E-state index contributed by atoms with van der Waals surface area (Å²) in [6, 6.07) is 8.76. The molecule has 1 saturated carbocycles. The van der Waals surface area contributed by atoms with Crippen molar-refractivity contribution in [2.24, 2.45) is 0 Å². The highest BCUT2D eigenvalue weighted by atomic mass is 35.5. The maximum atomic E-state index is 12.3. The van der Waals surface area contributed by atoms with Gasteiger partial charge in [0.05, 0.1) is 11.8 Å². The number of nitrogens with one attached hydrogen (secondary N) is 1. The zero-order valence-corrected chi connectivity index (χ0v) is 14.8. The number of aryl methyl sites for hydroxylation is 1. The molecule has 0 aliphatic heterocycles. The lowest BCUT2D eigenvalue weighted by molar-refractivity contribution is 0.0452. The van der Waals surface area contributed by atoms with E-state index in [0.717, 1.165) is 18.4 Å². The first-order valence-electron chi connectivity index (χ1n) is 8.31. The second-order valence-electron chi connectivity index (χ2n) is 6.45. The van der Waals surface area contributed by atoms with Crippen molar-refractivity contribution < 1.29 is 14.3 Å². The van der Waals surface area contributed by atoms with Crippen molar-refractivity contribution in [3.63, 3.8) is 0 Å². The molecule has 1 aromatic carbocycles. The van der Waals surface area contributed by atoms with Crippen LogP contribution in [-0.2, 0) is 0 Å². The molecule has 2 atom stereocenters. The molecule has 1 amide bonds. The number of benzene rings is 1. The van der Waals surface area contributed by atoms with E-state index in [-0.39, 0.29) is 11.9 Å². The third-order valence-electron chi connectivity index (χ3n) is 4.43. The van der Waals surface area contributed by atoms with Crippen molar-refractivity contribution in [1.82, 2.24) is 5.32 Å². The maximum Gasteiger partial charge on any atom is 0.255 e. The number of carbonyl (C=O) groups excluding carboxylic acids is 1. The fraction of sp³-hybridized carbons (Fsp3) is 0.350. The van der Waals surface area contributed by atoms with Crippen LogP contribution in [0.5, 0.6) is 0 Å². The van der Waals surface area contributed by atoms with Crippen LogP contribution in [0, 0.1) is 18.8 Å². The molecule has 0 spiro atoms. The highest BCUT2D eigenvalue weighted by Crippen LogP contribution is 2.28. The summed E-state index contributed by atoms with van der Waals surface area (Å²) in [5, 5.41) is 14.4. The molecule has 1 heterocycles. The van der Waals surface area contributed by atoms with E-state index in [4.69, 9.17) is 16.0 Å². The Kier molecular flexibility index (Phi) is 5.17. The van der Waals surface area contributed by atoms with Crippen LogP contribution in [0.1, 0.15) is 47.4 Å². The molecule has 1 fully saturated rings. The molecule has 1 aliphatic rings. The predicted octanol–water partition coefficient (Wildman–Crippen LogP) is 3.70. The molecule has 0 saturated heterocycles. The fourth-order valence-electron chi connectivity index (χ4n) is 3.13. The van der Waals surface area contributed by atoms with Gasteiger partial charge in [-0.05, 0) is 50.5 Å². The van der Waals surface area contributed by atoms with Crippen LogP contribution in [0.2, 0.25) is 5.02 Å². The zero-order chi connectivity index (χ0) is 17.9. The van der Waals surface area contributed by atoms with E-state index < -0.39 is 5.60 Å². The van der Waals surface area contributed by atoms with Gasteiger partial charge in [0.1, 0.15) is 11.4 Å². The average molecular weight is 358 g/mol. The van der Waals surface area contributed by atoms with Gasteiger partial charge in [-0.2, -0.15) is 0 Å². The number of hydrogen-bond donors (Lipinski definition) is 2. The van der Waals surface area contributed by atoms with Gasteiger partial charge in [-0.15, -0.1) is 0 Å². The van der Waals surface area contributed by atoms with Crippen molar-refractivity contribution >= 4 is 17.5 Å². The maximum absolute atomic E-state index is 12.3. The van der Waals surface area contributed by atoms with Gasteiger partial charge >= 0.3 is 0 Å². The summed E-state index contributed by atoms with van der Waals surface area (Å²) < 4.78 is 5.17. The van der Waals surface area contributed by atoms with E-state index in [0.29, 0.717) is 29.2 Å². The molecule has 3 rings (SSSR count). The van der Waals surface area contributed by atoms with Crippen LogP contribution in [0.25, 0.3) is 0 Å². The smallest absolute Gasteiger partial charge is 0.255 e. The molecule has 1 unspecified atom stereocenters. The number of hydrogen-bond acceptors (Lipinski definition) is 3. The molecule has 1 aliphatic carbocycles. The highest BCUT2D eigenvalue weighted by Gasteiger charge is 2.33. The van der Waals surface area contributed by atoms with Gasteiger partial charge in [-0.3, -0.25) is 4.79 Å². The van der Waals surface area contributed by atoms with Gasteiger partial charge < -0.3 is 14.8 Å². The summed E-state index contributed by atoms with van der Waals surface area (Å²) in [5.74, 6) is 6.37. The summed E-state index contributed by atoms with van der Waals surface area (Å²) in [7, 11) is 0. The second-order valence-corrected chi connectivity index (χ2v) is 6.89. The van der Waals surface area contributed by atoms with Gasteiger partial charge in [-0.1, -0.05) is 29.5 Å². The largest absolute Gasteiger partial charge is 0.469 e. The number of aliphatic hydroxyl groups is 1. The Bertz CT molecular complexity index is 833. The average Bonchev–Trinajstić information content (AvgIpc) is 2.99. The highest BCUT2D eigenvalue weighted by molar-refractivity contribution is 6.30. The van der Waals surface area contributed by atoms with Gasteiger partial charge in [-0.25, -0.2) is 0 Å². The van der Waals surface area contributed by atoms with Gasteiger partial charge in [0.2, 0.25) is 0 Å². The van der Waals surface area contributed by atoms with Crippen LogP contribution >= 0.6 is 11.6 Å². The Morgan fingerprint density at radius 1 is 1.44 bits per heavy atom. The molecule has 130 valence electrons. The predicted molar refractivity (Wildman–Crippen MR) is 96.4 cm³/mol. The second kappa shape index (κ2) is 7.35.